The fraction of sp³-hybridized carbons (Fsp3) is 0.909. The van der Waals surface area contributed by atoms with Gasteiger partial charge in [-0.2, -0.15) is 24.9 Å². The molecule has 0 radical (unpaired) electrons. The summed E-state index contributed by atoms with van der Waals surface area (Å²) in [4.78, 5) is 13.1. The zero-order valence-corrected chi connectivity index (χ0v) is 10.6. The average Bonchev–Trinajstić information content (AvgIpc) is 2.27. The Hall–Kier alpha value is -0.430. The van der Waals surface area contributed by atoms with Crippen LogP contribution in [0.4, 0.5) is 13.2 Å². The fourth-order valence-electron chi connectivity index (χ4n) is 2.73. The van der Waals surface area contributed by atoms with Gasteiger partial charge in [-0.15, -0.1) is 0 Å². The van der Waals surface area contributed by atoms with Gasteiger partial charge in [-0.1, -0.05) is 0 Å². The molecule has 3 nitrogen and oxygen atoms in total. The molecule has 0 aromatic carbocycles. The monoisotopic (exact) mass is 283 g/mol. The Morgan fingerprint density at radius 2 is 2.06 bits per heavy atom. The fourth-order valence-corrected chi connectivity index (χ4v) is 3.54. The van der Waals surface area contributed by atoms with Crippen molar-refractivity contribution in [2.24, 2.45) is 5.92 Å². The Labute approximate surface area is 108 Å². The van der Waals surface area contributed by atoms with E-state index in [9.17, 15) is 23.1 Å². The molecular formula is C11H16F3NO2S. The first-order valence-corrected chi connectivity index (χ1v) is 7.17. The first-order valence-electron chi connectivity index (χ1n) is 6.01. The van der Waals surface area contributed by atoms with Crippen LogP contribution in [0.25, 0.3) is 0 Å². The second-order valence-corrected chi connectivity index (χ2v) is 5.93. The molecule has 0 aromatic rings. The highest BCUT2D eigenvalue weighted by molar-refractivity contribution is 8.00. The zero-order chi connectivity index (χ0) is 13.3. The number of nitrogens with zero attached hydrogens (tertiary/aromatic N) is 1. The minimum atomic E-state index is -4.30. The molecule has 0 spiro atoms. The molecule has 1 heterocycles. The van der Waals surface area contributed by atoms with Crippen molar-refractivity contribution >= 4 is 17.7 Å². The van der Waals surface area contributed by atoms with Gasteiger partial charge < -0.3 is 10.0 Å². The zero-order valence-electron chi connectivity index (χ0n) is 9.82. The predicted molar refractivity (Wildman–Crippen MR) is 62.2 cm³/mol. The normalized spacial score (nSPS) is 34.8. The van der Waals surface area contributed by atoms with Crippen LogP contribution in [0.5, 0.6) is 0 Å². The number of amides is 1. The molecule has 3 atom stereocenters. The van der Waals surface area contributed by atoms with Gasteiger partial charge in [-0.3, -0.25) is 4.79 Å². The van der Waals surface area contributed by atoms with E-state index in [1.165, 1.54) is 16.7 Å². The number of aliphatic hydroxyl groups excluding tert-OH is 1. The third-order valence-electron chi connectivity index (χ3n) is 3.63. The van der Waals surface area contributed by atoms with E-state index in [1.54, 1.807) is 0 Å². The first kappa shape index (κ1) is 14.0. The molecule has 2 rings (SSSR count). The van der Waals surface area contributed by atoms with Crippen LogP contribution in [0.2, 0.25) is 0 Å². The molecule has 1 saturated heterocycles. The third-order valence-corrected chi connectivity index (χ3v) is 4.55. The number of hydrogen-bond acceptors (Lipinski definition) is 3. The molecule has 7 heteroatoms. The minimum absolute atomic E-state index is 0.0422. The predicted octanol–water partition coefficient (Wildman–Crippen LogP) is 1.65. The number of carbonyl (C=O) groups excluding carboxylic acids is 1. The minimum Gasteiger partial charge on any atom is -0.393 e. The molecule has 18 heavy (non-hydrogen) atoms. The van der Waals surface area contributed by atoms with Crippen LogP contribution in [0, 0.1) is 5.92 Å². The van der Waals surface area contributed by atoms with Crippen LogP contribution in [-0.2, 0) is 4.79 Å². The lowest BCUT2D eigenvalue weighted by atomic mass is 9.81. The van der Waals surface area contributed by atoms with E-state index in [4.69, 9.17) is 0 Å². The quantitative estimate of drug-likeness (QED) is 0.795. The standard InChI is InChI=1S/C11H16F3NO2S/c12-11(13,14)8-2-1-7(16)5-9(8)15-3-4-18-6-10(15)17/h7-9,16H,1-6H2. The van der Waals surface area contributed by atoms with Gasteiger partial charge in [0.2, 0.25) is 5.91 Å². The van der Waals surface area contributed by atoms with E-state index in [0.717, 1.165) is 0 Å². The summed E-state index contributed by atoms with van der Waals surface area (Å²) in [6.07, 6.45) is -4.91. The molecule has 0 bridgehead atoms. The molecule has 104 valence electrons. The number of aliphatic hydroxyl groups is 1. The van der Waals surface area contributed by atoms with Gasteiger partial charge in [0.25, 0.3) is 0 Å². The van der Waals surface area contributed by atoms with Gasteiger partial charge in [0.15, 0.2) is 0 Å². The lowest BCUT2D eigenvalue weighted by Gasteiger charge is -2.43. The summed E-state index contributed by atoms with van der Waals surface area (Å²) in [5.41, 5.74) is 0. The Morgan fingerprint density at radius 1 is 1.33 bits per heavy atom. The van der Waals surface area contributed by atoms with Crippen LogP contribution in [0.3, 0.4) is 0 Å². The molecule has 3 unspecified atom stereocenters. The van der Waals surface area contributed by atoms with E-state index in [2.05, 4.69) is 0 Å². The molecular weight excluding hydrogens is 267 g/mol. The smallest absolute Gasteiger partial charge is 0.393 e. The van der Waals surface area contributed by atoms with Gasteiger partial charge in [-0.05, 0) is 19.3 Å². The number of halogens is 3. The van der Waals surface area contributed by atoms with Crippen LogP contribution in [0.1, 0.15) is 19.3 Å². The Balaban J connectivity index is 2.16. The van der Waals surface area contributed by atoms with E-state index >= 15 is 0 Å². The molecule has 1 saturated carbocycles. The van der Waals surface area contributed by atoms with E-state index in [0.29, 0.717) is 12.3 Å². The van der Waals surface area contributed by atoms with Crippen molar-refractivity contribution in [1.29, 1.82) is 0 Å². The number of hydrogen-bond donors (Lipinski definition) is 1. The molecule has 1 aliphatic carbocycles. The summed E-state index contributed by atoms with van der Waals surface area (Å²) >= 11 is 1.45. The number of thioether (sulfide) groups is 1. The van der Waals surface area contributed by atoms with Crippen LogP contribution >= 0.6 is 11.8 Å². The van der Waals surface area contributed by atoms with Crippen molar-refractivity contribution in [1.82, 2.24) is 4.90 Å². The maximum Gasteiger partial charge on any atom is 0.393 e. The summed E-state index contributed by atoms with van der Waals surface area (Å²) in [5, 5.41) is 9.57. The Bertz CT molecular complexity index is 324. The van der Waals surface area contributed by atoms with Gasteiger partial charge in [0.05, 0.1) is 17.8 Å². The highest BCUT2D eigenvalue weighted by Gasteiger charge is 2.50. The van der Waals surface area contributed by atoms with Gasteiger partial charge in [0.1, 0.15) is 0 Å². The summed E-state index contributed by atoms with van der Waals surface area (Å²) in [5.74, 6) is -0.812. The van der Waals surface area contributed by atoms with Gasteiger partial charge in [-0.25, -0.2) is 0 Å². The highest BCUT2D eigenvalue weighted by atomic mass is 32.2. The molecule has 0 aromatic heterocycles. The Kier molecular flexibility index (Phi) is 4.11. The summed E-state index contributed by atoms with van der Waals surface area (Å²) in [6.45, 7) is 0.355. The maximum atomic E-state index is 13.0. The number of rotatable bonds is 1. The largest absolute Gasteiger partial charge is 0.393 e. The second kappa shape index (κ2) is 5.28. The van der Waals surface area contributed by atoms with E-state index < -0.39 is 24.2 Å². The topological polar surface area (TPSA) is 40.5 Å². The van der Waals surface area contributed by atoms with Gasteiger partial charge in [0, 0.05) is 18.3 Å². The van der Waals surface area contributed by atoms with Gasteiger partial charge >= 0.3 is 6.18 Å². The highest BCUT2D eigenvalue weighted by Crippen LogP contribution is 2.40. The van der Waals surface area contributed by atoms with Crippen molar-refractivity contribution in [3.05, 3.63) is 0 Å². The molecule has 2 fully saturated rings. The first-order chi connectivity index (χ1) is 8.39. The molecule has 2 aliphatic rings. The van der Waals surface area contributed by atoms with Crippen molar-refractivity contribution in [3.63, 3.8) is 0 Å². The molecule has 1 N–H and O–H groups in total. The van der Waals surface area contributed by atoms with Crippen molar-refractivity contribution < 1.29 is 23.1 Å². The lowest BCUT2D eigenvalue weighted by Crippen LogP contribution is -2.55. The number of alkyl halides is 3. The van der Waals surface area contributed by atoms with Crippen LogP contribution in [-0.4, -0.2) is 52.3 Å². The van der Waals surface area contributed by atoms with Crippen LogP contribution < -0.4 is 0 Å². The SMILES string of the molecule is O=C1CSCCN1C1CC(O)CCC1C(F)(F)F. The maximum absolute atomic E-state index is 13.0. The summed E-state index contributed by atoms with van der Waals surface area (Å²) < 4.78 is 38.9. The number of carbonyl (C=O) groups is 1. The van der Waals surface area contributed by atoms with Crippen molar-refractivity contribution in [3.8, 4) is 0 Å². The van der Waals surface area contributed by atoms with E-state index in [1.807, 2.05) is 0 Å². The lowest BCUT2D eigenvalue weighted by molar-refractivity contribution is -0.205. The third kappa shape index (κ3) is 2.93. The van der Waals surface area contributed by atoms with E-state index in [-0.39, 0.29) is 30.9 Å². The molecule has 1 amide bonds. The molecule has 1 aliphatic heterocycles. The Morgan fingerprint density at radius 3 is 2.67 bits per heavy atom. The second-order valence-electron chi connectivity index (χ2n) is 4.82. The van der Waals surface area contributed by atoms with Crippen LogP contribution in [0.15, 0.2) is 0 Å². The van der Waals surface area contributed by atoms with Crippen molar-refractivity contribution in [2.75, 3.05) is 18.1 Å². The van der Waals surface area contributed by atoms with Crippen molar-refractivity contribution in [2.45, 2.75) is 37.6 Å². The summed E-state index contributed by atoms with van der Waals surface area (Å²) in [6, 6.07) is -0.887. The average molecular weight is 283 g/mol. The summed E-state index contributed by atoms with van der Waals surface area (Å²) in [7, 11) is 0.